The van der Waals surface area contributed by atoms with Crippen LogP contribution in [0.4, 0.5) is 5.69 Å². The largest absolute Gasteiger partial charge is 0.494 e. The number of rotatable bonds is 9. The Balaban J connectivity index is 1.67. The van der Waals surface area contributed by atoms with Crippen molar-refractivity contribution in [2.75, 3.05) is 31.6 Å². The predicted molar refractivity (Wildman–Crippen MR) is 125 cm³/mol. The minimum atomic E-state index is -0.162. The fourth-order valence-electron chi connectivity index (χ4n) is 3.68. The van der Waals surface area contributed by atoms with Crippen LogP contribution in [-0.4, -0.2) is 48.4 Å². The molecule has 1 saturated heterocycles. The molecule has 0 aromatic heterocycles. The van der Waals surface area contributed by atoms with E-state index in [0.717, 1.165) is 49.5 Å². The lowest BCUT2D eigenvalue weighted by Gasteiger charge is -2.30. The molecule has 2 aromatic rings. The van der Waals surface area contributed by atoms with Gasteiger partial charge >= 0.3 is 0 Å². The SMILES string of the molecule is CCOc1ccc(OCC)c(NC(N)=NCc2ccccc2CN2CCC(O)CC2)c1. The smallest absolute Gasteiger partial charge is 0.193 e. The molecule has 3 rings (SSSR count). The molecule has 0 spiro atoms. The highest BCUT2D eigenvalue weighted by Gasteiger charge is 2.17. The van der Waals surface area contributed by atoms with Crippen molar-refractivity contribution in [3.63, 3.8) is 0 Å². The molecule has 31 heavy (non-hydrogen) atoms. The van der Waals surface area contributed by atoms with Gasteiger partial charge in [-0.15, -0.1) is 0 Å². The van der Waals surface area contributed by atoms with Crippen LogP contribution in [0.5, 0.6) is 11.5 Å². The number of aliphatic imine (C=N–C) groups is 1. The fraction of sp³-hybridized carbons (Fsp3) is 0.458. The standard InChI is InChI=1S/C24H34N4O3/c1-3-30-21-9-10-23(31-4-2)22(15-21)27-24(25)26-16-18-7-5-6-8-19(18)17-28-13-11-20(29)12-14-28/h5-10,15,20,29H,3-4,11-14,16-17H2,1-2H3,(H3,25,26,27). The zero-order chi connectivity index (χ0) is 22.1. The number of hydrogen-bond acceptors (Lipinski definition) is 5. The molecule has 0 unspecified atom stereocenters. The number of piperidine rings is 1. The molecule has 7 heteroatoms. The number of nitrogens with zero attached hydrogens (tertiary/aromatic N) is 2. The second kappa shape index (κ2) is 11.6. The Hall–Kier alpha value is -2.77. The number of guanidine groups is 1. The molecule has 0 amide bonds. The van der Waals surface area contributed by atoms with Gasteiger partial charge in [-0.2, -0.15) is 0 Å². The number of anilines is 1. The summed E-state index contributed by atoms with van der Waals surface area (Å²) in [5, 5.41) is 12.9. The third kappa shape index (κ3) is 6.87. The van der Waals surface area contributed by atoms with E-state index in [9.17, 15) is 5.11 Å². The van der Waals surface area contributed by atoms with E-state index in [1.807, 2.05) is 38.1 Å². The third-order valence-corrected chi connectivity index (χ3v) is 5.31. The van der Waals surface area contributed by atoms with Crippen molar-refractivity contribution in [1.29, 1.82) is 0 Å². The van der Waals surface area contributed by atoms with Gasteiger partial charge < -0.3 is 25.6 Å². The Morgan fingerprint density at radius 2 is 1.81 bits per heavy atom. The van der Waals surface area contributed by atoms with Crippen LogP contribution in [-0.2, 0) is 13.1 Å². The van der Waals surface area contributed by atoms with Crippen LogP contribution < -0.4 is 20.5 Å². The van der Waals surface area contributed by atoms with Crippen LogP contribution in [0.15, 0.2) is 47.5 Å². The summed E-state index contributed by atoms with van der Waals surface area (Å²) in [7, 11) is 0. The van der Waals surface area contributed by atoms with Gasteiger partial charge in [0.2, 0.25) is 0 Å². The van der Waals surface area contributed by atoms with Gasteiger partial charge in [0.25, 0.3) is 0 Å². The van der Waals surface area contributed by atoms with Crippen molar-refractivity contribution in [2.45, 2.75) is 45.9 Å². The van der Waals surface area contributed by atoms with Gasteiger partial charge in [-0.05, 0) is 49.9 Å². The molecule has 1 aliphatic heterocycles. The highest BCUT2D eigenvalue weighted by atomic mass is 16.5. The normalized spacial score (nSPS) is 15.6. The maximum Gasteiger partial charge on any atom is 0.193 e. The average molecular weight is 427 g/mol. The maximum atomic E-state index is 9.73. The highest BCUT2D eigenvalue weighted by Crippen LogP contribution is 2.29. The lowest BCUT2D eigenvalue weighted by Crippen LogP contribution is -2.35. The van der Waals surface area contributed by atoms with E-state index in [1.54, 1.807) is 0 Å². The Bertz CT molecular complexity index is 864. The third-order valence-electron chi connectivity index (χ3n) is 5.31. The van der Waals surface area contributed by atoms with Crippen molar-refractivity contribution >= 4 is 11.6 Å². The predicted octanol–water partition coefficient (Wildman–Crippen LogP) is 3.37. The number of aliphatic hydroxyl groups is 1. The van der Waals surface area contributed by atoms with E-state index in [1.165, 1.54) is 5.56 Å². The van der Waals surface area contributed by atoms with Gasteiger partial charge in [0.05, 0.1) is 31.5 Å². The second-order valence-electron chi connectivity index (χ2n) is 7.63. The van der Waals surface area contributed by atoms with Crippen LogP contribution in [0.2, 0.25) is 0 Å². The minimum Gasteiger partial charge on any atom is -0.494 e. The number of hydrogen-bond donors (Lipinski definition) is 3. The summed E-state index contributed by atoms with van der Waals surface area (Å²) in [4.78, 5) is 6.94. The van der Waals surface area contributed by atoms with E-state index >= 15 is 0 Å². The topological polar surface area (TPSA) is 92.3 Å². The van der Waals surface area contributed by atoms with Crippen molar-refractivity contribution in [1.82, 2.24) is 4.90 Å². The van der Waals surface area contributed by atoms with E-state index in [4.69, 9.17) is 15.2 Å². The molecule has 1 heterocycles. The van der Waals surface area contributed by atoms with Gasteiger partial charge in [-0.3, -0.25) is 4.90 Å². The van der Waals surface area contributed by atoms with Gasteiger partial charge in [0.1, 0.15) is 11.5 Å². The molecule has 4 N–H and O–H groups in total. The van der Waals surface area contributed by atoms with E-state index < -0.39 is 0 Å². The van der Waals surface area contributed by atoms with Crippen molar-refractivity contribution < 1.29 is 14.6 Å². The molecule has 0 aliphatic carbocycles. The van der Waals surface area contributed by atoms with Gasteiger partial charge in [-0.25, -0.2) is 4.99 Å². The van der Waals surface area contributed by atoms with Crippen molar-refractivity contribution in [3.8, 4) is 11.5 Å². The fourth-order valence-corrected chi connectivity index (χ4v) is 3.68. The molecule has 1 aliphatic rings. The summed E-state index contributed by atoms with van der Waals surface area (Å²) in [6.07, 6.45) is 1.50. The summed E-state index contributed by atoms with van der Waals surface area (Å²) < 4.78 is 11.3. The van der Waals surface area contributed by atoms with Crippen LogP contribution in [0.25, 0.3) is 0 Å². The quantitative estimate of drug-likeness (QED) is 0.421. The Morgan fingerprint density at radius 3 is 2.52 bits per heavy atom. The first-order valence-corrected chi connectivity index (χ1v) is 11.0. The lowest BCUT2D eigenvalue weighted by molar-refractivity contribution is 0.0791. The number of benzene rings is 2. The van der Waals surface area contributed by atoms with Crippen molar-refractivity contribution in [3.05, 3.63) is 53.6 Å². The molecule has 0 radical (unpaired) electrons. The summed E-state index contributed by atoms with van der Waals surface area (Å²) in [6.45, 7) is 8.21. The summed E-state index contributed by atoms with van der Waals surface area (Å²) in [6, 6.07) is 13.9. The number of nitrogens with two attached hydrogens (primary N) is 1. The van der Waals surface area contributed by atoms with Crippen molar-refractivity contribution in [2.24, 2.45) is 10.7 Å². The summed E-state index contributed by atoms with van der Waals surface area (Å²) >= 11 is 0. The first-order valence-electron chi connectivity index (χ1n) is 11.0. The first-order chi connectivity index (χ1) is 15.1. The van der Waals surface area contributed by atoms with E-state index in [-0.39, 0.29) is 6.10 Å². The van der Waals surface area contributed by atoms with E-state index in [2.05, 4.69) is 33.4 Å². The van der Waals surface area contributed by atoms with Gasteiger partial charge in [-0.1, -0.05) is 24.3 Å². The number of ether oxygens (including phenoxy) is 2. The van der Waals surface area contributed by atoms with Crippen LogP contribution in [0, 0.1) is 0 Å². The Labute approximate surface area is 184 Å². The Kier molecular flexibility index (Phi) is 8.55. The van der Waals surface area contributed by atoms with Crippen LogP contribution in [0.3, 0.4) is 0 Å². The molecule has 1 fully saturated rings. The molecule has 7 nitrogen and oxygen atoms in total. The highest BCUT2D eigenvalue weighted by molar-refractivity contribution is 5.94. The molecule has 0 saturated carbocycles. The summed E-state index contributed by atoms with van der Waals surface area (Å²) in [5.74, 6) is 1.78. The maximum absolute atomic E-state index is 9.73. The average Bonchev–Trinajstić information content (AvgIpc) is 2.77. The van der Waals surface area contributed by atoms with Crippen LogP contribution >= 0.6 is 0 Å². The monoisotopic (exact) mass is 426 g/mol. The minimum absolute atomic E-state index is 0.162. The number of likely N-dealkylation sites (tertiary alicyclic amines) is 1. The summed E-state index contributed by atoms with van der Waals surface area (Å²) in [5.41, 5.74) is 9.31. The molecule has 2 aromatic carbocycles. The molecular weight excluding hydrogens is 392 g/mol. The molecular formula is C24H34N4O3. The number of aliphatic hydroxyl groups excluding tert-OH is 1. The second-order valence-corrected chi connectivity index (χ2v) is 7.63. The zero-order valence-corrected chi connectivity index (χ0v) is 18.5. The zero-order valence-electron chi connectivity index (χ0n) is 18.5. The molecule has 0 bridgehead atoms. The lowest BCUT2D eigenvalue weighted by atomic mass is 10.0. The molecule has 168 valence electrons. The van der Waals surface area contributed by atoms with Gasteiger partial charge in [0.15, 0.2) is 5.96 Å². The van der Waals surface area contributed by atoms with Gasteiger partial charge in [0, 0.05) is 25.7 Å². The molecule has 0 atom stereocenters. The van der Waals surface area contributed by atoms with E-state index in [0.29, 0.717) is 31.5 Å². The Morgan fingerprint density at radius 1 is 1.10 bits per heavy atom. The number of nitrogens with one attached hydrogen (secondary N) is 1. The van der Waals surface area contributed by atoms with Crippen LogP contribution in [0.1, 0.15) is 37.8 Å². The first kappa shape index (κ1) is 22.9.